The fourth-order valence-corrected chi connectivity index (χ4v) is 4.66. The zero-order valence-electron chi connectivity index (χ0n) is 16.3. The van der Waals surface area contributed by atoms with E-state index in [1.54, 1.807) is 0 Å². The molecule has 5 nitrogen and oxygen atoms in total. The number of carbonyl (C=O) groups excluding carboxylic acids is 1. The van der Waals surface area contributed by atoms with Crippen LogP contribution >= 0.6 is 0 Å². The highest BCUT2D eigenvalue weighted by molar-refractivity contribution is 5.77. The first-order valence-corrected chi connectivity index (χ1v) is 10.4. The fourth-order valence-electron chi connectivity index (χ4n) is 4.66. The summed E-state index contributed by atoms with van der Waals surface area (Å²) in [5.41, 5.74) is 0.355. The van der Waals surface area contributed by atoms with Crippen molar-refractivity contribution >= 4 is 5.91 Å². The van der Waals surface area contributed by atoms with Gasteiger partial charge in [-0.3, -0.25) is 9.69 Å². The summed E-state index contributed by atoms with van der Waals surface area (Å²) in [7, 11) is 0. The van der Waals surface area contributed by atoms with Gasteiger partial charge < -0.3 is 14.5 Å². The number of amides is 1. The van der Waals surface area contributed by atoms with Crippen LogP contribution in [0.3, 0.4) is 0 Å². The zero-order valence-corrected chi connectivity index (χ0v) is 16.3. The molecule has 144 valence electrons. The first-order chi connectivity index (χ1) is 12.1. The molecule has 3 fully saturated rings. The van der Waals surface area contributed by atoms with Crippen LogP contribution < -0.4 is 0 Å². The molecule has 0 aromatic carbocycles. The van der Waals surface area contributed by atoms with Crippen molar-refractivity contribution in [3.05, 3.63) is 0 Å². The summed E-state index contributed by atoms with van der Waals surface area (Å²) in [4.78, 5) is 19.7. The Labute approximate surface area is 153 Å². The molecule has 3 saturated heterocycles. The van der Waals surface area contributed by atoms with E-state index in [1.807, 2.05) is 0 Å². The van der Waals surface area contributed by atoms with Gasteiger partial charge in [-0.25, -0.2) is 0 Å². The first kappa shape index (κ1) is 19.1. The quantitative estimate of drug-likeness (QED) is 0.734. The maximum atomic E-state index is 12.3. The highest BCUT2D eigenvalue weighted by Crippen LogP contribution is 2.39. The average molecular weight is 352 g/mol. The van der Waals surface area contributed by atoms with Crippen LogP contribution in [0.4, 0.5) is 0 Å². The molecule has 25 heavy (non-hydrogen) atoms. The largest absolute Gasteiger partial charge is 0.379 e. The van der Waals surface area contributed by atoms with Crippen molar-refractivity contribution in [3.63, 3.8) is 0 Å². The lowest BCUT2D eigenvalue weighted by Crippen LogP contribution is -2.55. The van der Waals surface area contributed by atoms with Crippen LogP contribution in [0.25, 0.3) is 0 Å². The minimum Gasteiger partial charge on any atom is -0.379 e. The molecular formula is C20H37N3O2. The molecule has 0 saturated carbocycles. The molecule has 0 aromatic rings. The topological polar surface area (TPSA) is 36.0 Å². The average Bonchev–Trinajstić information content (AvgIpc) is 2.62. The van der Waals surface area contributed by atoms with Crippen molar-refractivity contribution in [2.75, 3.05) is 65.6 Å². The Bertz CT molecular complexity index is 437. The summed E-state index contributed by atoms with van der Waals surface area (Å²) >= 11 is 0. The molecule has 0 bridgehead atoms. The second-order valence-electron chi connectivity index (χ2n) is 8.83. The van der Waals surface area contributed by atoms with Crippen molar-refractivity contribution in [1.82, 2.24) is 14.7 Å². The molecule has 0 N–H and O–H groups in total. The Hall–Kier alpha value is -0.650. The van der Waals surface area contributed by atoms with Crippen LogP contribution in [0.1, 0.15) is 46.0 Å². The van der Waals surface area contributed by atoms with Gasteiger partial charge in [-0.2, -0.15) is 0 Å². The number of carbonyl (C=O) groups is 1. The summed E-state index contributed by atoms with van der Waals surface area (Å²) in [6.07, 6.45) is 5.57. The Morgan fingerprint density at radius 1 is 1.00 bits per heavy atom. The predicted octanol–water partition coefficient (Wildman–Crippen LogP) is 2.07. The van der Waals surface area contributed by atoms with E-state index in [2.05, 4.69) is 28.5 Å². The van der Waals surface area contributed by atoms with Crippen LogP contribution in [-0.2, 0) is 9.53 Å². The molecule has 1 spiro atoms. The van der Waals surface area contributed by atoms with Gasteiger partial charge in [-0.15, -0.1) is 0 Å². The Morgan fingerprint density at radius 3 is 2.52 bits per heavy atom. The van der Waals surface area contributed by atoms with Gasteiger partial charge in [0.15, 0.2) is 0 Å². The number of ether oxygens (including phenoxy) is 1. The van der Waals surface area contributed by atoms with Crippen molar-refractivity contribution in [3.8, 4) is 0 Å². The van der Waals surface area contributed by atoms with Crippen molar-refractivity contribution in [1.29, 1.82) is 0 Å². The van der Waals surface area contributed by atoms with Crippen LogP contribution in [-0.4, -0.2) is 86.2 Å². The lowest BCUT2D eigenvalue weighted by atomic mass is 9.73. The van der Waals surface area contributed by atoms with Gasteiger partial charge in [0.05, 0.1) is 13.2 Å². The second-order valence-corrected chi connectivity index (χ2v) is 8.83. The van der Waals surface area contributed by atoms with E-state index in [4.69, 9.17) is 4.74 Å². The molecule has 0 aromatic heterocycles. The van der Waals surface area contributed by atoms with Crippen LogP contribution in [0.5, 0.6) is 0 Å². The Kier molecular flexibility index (Phi) is 6.75. The predicted molar refractivity (Wildman–Crippen MR) is 101 cm³/mol. The van der Waals surface area contributed by atoms with Gasteiger partial charge in [0.2, 0.25) is 5.91 Å². The summed E-state index contributed by atoms with van der Waals surface area (Å²) in [6.45, 7) is 15.1. The van der Waals surface area contributed by atoms with Gasteiger partial charge in [-0.05, 0) is 38.1 Å². The Balaban J connectivity index is 1.50. The smallest absolute Gasteiger partial charge is 0.222 e. The second kappa shape index (κ2) is 8.83. The molecule has 0 radical (unpaired) electrons. The molecule has 5 heteroatoms. The monoisotopic (exact) mass is 351 g/mol. The highest BCUT2D eigenvalue weighted by atomic mass is 16.5. The van der Waals surface area contributed by atoms with E-state index in [0.29, 0.717) is 17.2 Å². The molecular weight excluding hydrogens is 314 g/mol. The minimum atomic E-state index is 0.355. The molecule has 1 amide bonds. The summed E-state index contributed by atoms with van der Waals surface area (Å²) in [6, 6.07) is 0. The minimum absolute atomic E-state index is 0.355. The van der Waals surface area contributed by atoms with E-state index in [1.165, 1.54) is 32.5 Å². The lowest BCUT2D eigenvalue weighted by molar-refractivity contribution is -0.139. The standard InChI is InChI=1S/C20H37N3O2/c1-18(2)5-9-23-17-20(7-4-19(23)24)6-3-8-22(16-20)11-10-21-12-14-25-15-13-21/h18H,3-17H2,1-2H3. The van der Waals surface area contributed by atoms with Gasteiger partial charge >= 0.3 is 0 Å². The number of hydrogen-bond acceptors (Lipinski definition) is 4. The van der Waals surface area contributed by atoms with E-state index >= 15 is 0 Å². The summed E-state index contributed by atoms with van der Waals surface area (Å²) < 4.78 is 5.45. The molecule has 3 rings (SSSR count). The highest BCUT2D eigenvalue weighted by Gasteiger charge is 2.41. The van der Waals surface area contributed by atoms with E-state index in [0.717, 1.165) is 65.2 Å². The van der Waals surface area contributed by atoms with Crippen LogP contribution in [0, 0.1) is 11.3 Å². The maximum Gasteiger partial charge on any atom is 0.222 e. The van der Waals surface area contributed by atoms with Crippen molar-refractivity contribution < 1.29 is 9.53 Å². The van der Waals surface area contributed by atoms with E-state index in [-0.39, 0.29) is 0 Å². The summed E-state index contributed by atoms with van der Waals surface area (Å²) in [5, 5.41) is 0. The summed E-state index contributed by atoms with van der Waals surface area (Å²) in [5.74, 6) is 1.05. The lowest BCUT2D eigenvalue weighted by Gasteiger charge is -2.48. The maximum absolute atomic E-state index is 12.3. The molecule has 3 aliphatic rings. The van der Waals surface area contributed by atoms with Gasteiger partial charge in [-0.1, -0.05) is 13.8 Å². The molecule has 3 aliphatic heterocycles. The van der Waals surface area contributed by atoms with Gasteiger partial charge in [0.25, 0.3) is 0 Å². The number of nitrogens with zero attached hydrogens (tertiary/aromatic N) is 3. The third kappa shape index (κ3) is 5.41. The molecule has 1 unspecified atom stereocenters. The number of likely N-dealkylation sites (tertiary alicyclic amines) is 2. The van der Waals surface area contributed by atoms with Gasteiger partial charge in [0.1, 0.15) is 0 Å². The normalized spacial score (nSPS) is 29.7. The molecule has 3 heterocycles. The number of rotatable bonds is 6. The van der Waals surface area contributed by atoms with E-state index < -0.39 is 0 Å². The third-order valence-electron chi connectivity index (χ3n) is 6.30. The first-order valence-electron chi connectivity index (χ1n) is 10.4. The van der Waals surface area contributed by atoms with Crippen LogP contribution in [0.2, 0.25) is 0 Å². The SMILES string of the molecule is CC(C)CCN1CC2(CCCN(CCN3CCOCC3)C2)CCC1=O. The third-order valence-corrected chi connectivity index (χ3v) is 6.30. The van der Waals surface area contributed by atoms with Crippen molar-refractivity contribution in [2.24, 2.45) is 11.3 Å². The zero-order chi connectivity index (χ0) is 17.7. The molecule has 0 aliphatic carbocycles. The molecule has 1 atom stereocenters. The van der Waals surface area contributed by atoms with E-state index in [9.17, 15) is 4.79 Å². The van der Waals surface area contributed by atoms with Crippen molar-refractivity contribution in [2.45, 2.75) is 46.0 Å². The fraction of sp³-hybridized carbons (Fsp3) is 0.950. The van der Waals surface area contributed by atoms with Gasteiger partial charge in [0, 0.05) is 57.6 Å². The number of hydrogen-bond donors (Lipinski definition) is 0. The van der Waals surface area contributed by atoms with Crippen LogP contribution in [0.15, 0.2) is 0 Å². The number of piperidine rings is 2. The Morgan fingerprint density at radius 2 is 1.76 bits per heavy atom. The number of morpholine rings is 1.